The Morgan fingerprint density at radius 3 is 2.62 bits per heavy atom. The molecule has 0 radical (unpaired) electrons. The third-order valence-electron chi connectivity index (χ3n) is 2.84. The molecule has 0 fully saturated rings. The highest BCUT2D eigenvalue weighted by Crippen LogP contribution is 2.29. The average Bonchev–Trinajstić information content (AvgIpc) is 3.00. The van der Waals surface area contributed by atoms with Gasteiger partial charge in [0.25, 0.3) is 0 Å². The number of aromatic amines is 1. The summed E-state index contributed by atoms with van der Waals surface area (Å²) in [4.78, 5) is 3.94. The van der Waals surface area contributed by atoms with Gasteiger partial charge in [-0.1, -0.05) is 0 Å². The minimum atomic E-state index is -3.77. The van der Waals surface area contributed by atoms with Gasteiger partial charge in [-0.3, -0.25) is 5.10 Å². The summed E-state index contributed by atoms with van der Waals surface area (Å²) in [6, 6.07) is 3.93. The SMILES string of the molecule is COc1ccc(S(=O)(=O)NC(C)c2ncn[nH]2)c(OC)c1. The van der Waals surface area contributed by atoms with E-state index >= 15 is 0 Å². The molecule has 2 rings (SSSR count). The molecule has 0 aliphatic heterocycles. The van der Waals surface area contributed by atoms with Gasteiger partial charge in [0.2, 0.25) is 10.0 Å². The van der Waals surface area contributed by atoms with Crippen molar-refractivity contribution < 1.29 is 17.9 Å². The van der Waals surface area contributed by atoms with E-state index in [0.717, 1.165) is 0 Å². The molecule has 0 amide bonds. The molecule has 1 unspecified atom stereocenters. The standard InChI is InChI=1S/C12H16N4O4S/c1-8(12-13-7-14-15-12)16-21(17,18)11-5-4-9(19-2)6-10(11)20-3/h4-8,16H,1-3H3,(H,13,14,15). The van der Waals surface area contributed by atoms with Crippen molar-refractivity contribution in [1.82, 2.24) is 19.9 Å². The fourth-order valence-corrected chi connectivity index (χ4v) is 3.13. The van der Waals surface area contributed by atoms with Gasteiger partial charge in [0.05, 0.1) is 20.3 Å². The van der Waals surface area contributed by atoms with Crippen molar-refractivity contribution in [3.05, 3.63) is 30.4 Å². The molecule has 8 nitrogen and oxygen atoms in total. The first-order chi connectivity index (χ1) is 9.97. The Bertz CT molecular complexity index is 700. The van der Waals surface area contributed by atoms with Crippen LogP contribution in [0.1, 0.15) is 18.8 Å². The highest BCUT2D eigenvalue weighted by molar-refractivity contribution is 7.89. The van der Waals surface area contributed by atoms with Crippen molar-refractivity contribution in [1.29, 1.82) is 0 Å². The monoisotopic (exact) mass is 312 g/mol. The number of hydrogen-bond donors (Lipinski definition) is 2. The lowest BCUT2D eigenvalue weighted by molar-refractivity contribution is 0.385. The number of ether oxygens (including phenoxy) is 2. The smallest absolute Gasteiger partial charge is 0.244 e. The number of aromatic nitrogens is 3. The maximum Gasteiger partial charge on any atom is 0.244 e. The van der Waals surface area contributed by atoms with Crippen LogP contribution in [0.4, 0.5) is 0 Å². The van der Waals surface area contributed by atoms with Crippen LogP contribution in [0.15, 0.2) is 29.4 Å². The van der Waals surface area contributed by atoms with Gasteiger partial charge in [-0.05, 0) is 19.1 Å². The van der Waals surface area contributed by atoms with Crippen LogP contribution in [0.25, 0.3) is 0 Å². The van der Waals surface area contributed by atoms with E-state index < -0.39 is 16.1 Å². The molecule has 1 heterocycles. The molecule has 2 N–H and O–H groups in total. The summed E-state index contributed by atoms with van der Waals surface area (Å²) >= 11 is 0. The van der Waals surface area contributed by atoms with E-state index in [2.05, 4.69) is 19.9 Å². The van der Waals surface area contributed by atoms with Crippen LogP contribution in [0, 0.1) is 0 Å². The Hall–Kier alpha value is -2.13. The fraction of sp³-hybridized carbons (Fsp3) is 0.333. The number of sulfonamides is 1. The van der Waals surface area contributed by atoms with Gasteiger partial charge >= 0.3 is 0 Å². The van der Waals surface area contributed by atoms with Crippen LogP contribution in [0.2, 0.25) is 0 Å². The lowest BCUT2D eigenvalue weighted by Gasteiger charge is -2.14. The first-order valence-electron chi connectivity index (χ1n) is 6.07. The Morgan fingerprint density at radius 2 is 2.05 bits per heavy atom. The van der Waals surface area contributed by atoms with Gasteiger partial charge in [0.15, 0.2) is 0 Å². The Balaban J connectivity index is 2.31. The second-order valence-corrected chi connectivity index (χ2v) is 5.91. The maximum absolute atomic E-state index is 12.4. The summed E-state index contributed by atoms with van der Waals surface area (Å²) in [5, 5.41) is 6.31. The van der Waals surface area contributed by atoms with Crippen molar-refractivity contribution >= 4 is 10.0 Å². The van der Waals surface area contributed by atoms with Gasteiger partial charge in [-0.25, -0.2) is 18.1 Å². The van der Waals surface area contributed by atoms with Crippen molar-refractivity contribution in [3.63, 3.8) is 0 Å². The zero-order valence-electron chi connectivity index (χ0n) is 11.8. The molecule has 1 aromatic heterocycles. The molecule has 1 aromatic carbocycles. The second-order valence-electron chi connectivity index (χ2n) is 4.23. The topological polar surface area (TPSA) is 106 Å². The molecule has 2 aromatic rings. The number of benzene rings is 1. The highest BCUT2D eigenvalue weighted by atomic mass is 32.2. The lowest BCUT2D eigenvalue weighted by Crippen LogP contribution is -2.28. The van der Waals surface area contributed by atoms with E-state index in [1.165, 1.54) is 32.7 Å². The summed E-state index contributed by atoms with van der Waals surface area (Å²) in [7, 11) is -0.882. The molecule has 9 heteroatoms. The molecule has 21 heavy (non-hydrogen) atoms. The van der Waals surface area contributed by atoms with E-state index in [4.69, 9.17) is 9.47 Å². The van der Waals surface area contributed by atoms with Crippen LogP contribution in [-0.4, -0.2) is 37.8 Å². The minimum absolute atomic E-state index is 0.0252. The third-order valence-corrected chi connectivity index (χ3v) is 4.42. The number of methoxy groups -OCH3 is 2. The molecule has 0 saturated heterocycles. The number of rotatable bonds is 6. The van der Waals surface area contributed by atoms with Crippen molar-refractivity contribution in [2.45, 2.75) is 17.9 Å². The average molecular weight is 312 g/mol. The van der Waals surface area contributed by atoms with E-state index in [1.807, 2.05) is 0 Å². The number of nitrogens with zero attached hydrogens (tertiary/aromatic N) is 2. The zero-order chi connectivity index (χ0) is 15.5. The van der Waals surface area contributed by atoms with Gasteiger partial charge in [0, 0.05) is 6.07 Å². The van der Waals surface area contributed by atoms with Gasteiger partial charge < -0.3 is 9.47 Å². The quantitative estimate of drug-likeness (QED) is 0.819. The number of hydrogen-bond acceptors (Lipinski definition) is 6. The predicted octanol–water partition coefficient (Wildman–Crippen LogP) is 0.861. The Kier molecular flexibility index (Phi) is 4.43. The van der Waals surface area contributed by atoms with Gasteiger partial charge in [-0.15, -0.1) is 0 Å². The summed E-state index contributed by atoms with van der Waals surface area (Å²) in [5.74, 6) is 1.13. The van der Waals surface area contributed by atoms with Crippen LogP contribution < -0.4 is 14.2 Å². The van der Waals surface area contributed by atoms with Crippen molar-refractivity contribution in [2.75, 3.05) is 14.2 Å². The maximum atomic E-state index is 12.4. The largest absolute Gasteiger partial charge is 0.497 e. The van der Waals surface area contributed by atoms with Gasteiger partial charge in [-0.2, -0.15) is 5.10 Å². The van der Waals surface area contributed by atoms with Crippen LogP contribution in [0.3, 0.4) is 0 Å². The first kappa shape index (κ1) is 15.3. The predicted molar refractivity (Wildman–Crippen MR) is 74.7 cm³/mol. The lowest BCUT2D eigenvalue weighted by atomic mass is 10.3. The van der Waals surface area contributed by atoms with E-state index in [0.29, 0.717) is 11.6 Å². The molecule has 1 atom stereocenters. The van der Waals surface area contributed by atoms with E-state index in [1.54, 1.807) is 13.0 Å². The molecule has 0 aliphatic rings. The third kappa shape index (κ3) is 3.31. The normalized spacial score (nSPS) is 12.9. The summed E-state index contributed by atoms with van der Waals surface area (Å²) in [6.45, 7) is 1.66. The minimum Gasteiger partial charge on any atom is -0.497 e. The molecule has 114 valence electrons. The van der Waals surface area contributed by atoms with Gasteiger partial charge in [0.1, 0.15) is 28.5 Å². The van der Waals surface area contributed by atoms with Crippen molar-refractivity contribution in [3.8, 4) is 11.5 Å². The Labute approximate surface area is 122 Å². The highest BCUT2D eigenvalue weighted by Gasteiger charge is 2.23. The molecule has 0 aliphatic carbocycles. The number of nitrogens with one attached hydrogen (secondary N) is 2. The van der Waals surface area contributed by atoms with Crippen molar-refractivity contribution in [2.24, 2.45) is 0 Å². The zero-order valence-corrected chi connectivity index (χ0v) is 12.6. The summed E-state index contributed by atoms with van der Waals surface area (Å²) in [6.07, 6.45) is 1.31. The molecular formula is C12H16N4O4S. The summed E-state index contributed by atoms with van der Waals surface area (Å²) in [5.41, 5.74) is 0. The Morgan fingerprint density at radius 1 is 1.29 bits per heavy atom. The molecule has 0 saturated carbocycles. The van der Waals surface area contributed by atoms with E-state index in [9.17, 15) is 8.42 Å². The van der Waals surface area contributed by atoms with Crippen LogP contribution in [0.5, 0.6) is 11.5 Å². The molecule has 0 bridgehead atoms. The van der Waals surface area contributed by atoms with Crippen LogP contribution in [-0.2, 0) is 10.0 Å². The second kappa shape index (κ2) is 6.10. The van der Waals surface area contributed by atoms with Crippen LogP contribution >= 0.6 is 0 Å². The summed E-state index contributed by atoms with van der Waals surface area (Å²) < 4.78 is 37.5. The molecular weight excluding hydrogens is 296 g/mol. The first-order valence-corrected chi connectivity index (χ1v) is 7.56. The molecule has 0 spiro atoms. The van der Waals surface area contributed by atoms with E-state index in [-0.39, 0.29) is 10.6 Å². The number of H-pyrrole nitrogens is 1. The fourth-order valence-electron chi connectivity index (χ4n) is 1.77.